The highest BCUT2D eigenvalue weighted by molar-refractivity contribution is 5.77. The van der Waals surface area contributed by atoms with E-state index in [2.05, 4.69) is 47.6 Å². The summed E-state index contributed by atoms with van der Waals surface area (Å²) in [7, 11) is 0. The van der Waals surface area contributed by atoms with E-state index in [9.17, 15) is 9.59 Å². The maximum Gasteiger partial charge on any atom is 0.314 e. The van der Waals surface area contributed by atoms with Crippen molar-refractivity contribution in [3.05, 3.63) is 35.4 Å². The SMILES string of the molecule is CC1CCCN(C(C)CNC(=O)NCCCC(=O)N2CCc3ccccc3C2)C1. The molecule has 6 nitrogen and oxygen atoms in total. The van der Waals surface area contributed by atoms with E-state index in [1.165, 1.54) is 24.0 Å². The number of benzene rings is 1. The summed E-state index contributed by atoms with van der Waals surface area (Å²) in [5, 5.41) is 5.85. The average molecular weight is 401 g/mol. The van der Waals surface area contributed by atoms with Crippen LogP contribution in [-0.4, -0.2) is 60.5 Å². The van der Waals surface area contributed by atoms with Gasteiger partial charge in [-0.05, 0) is 56.2 Å². The van der Waals surface area contributed by atoms with Crippen LogP contribution in [0.1, 0.15) is 50.7 Å². The van der Waals surface area contributed by atoms with Crippen molar-refractivity contribution >= 4 is 11.9 Å². The Hall–Kier alpha value is -2.08. The number of fused-ring (bicyclic) bond motifs is 1. The third kappa shape index (κ3) is 6.46. The first kappa shape index (κ1) is 21.6. The van der Waals surface area contributed by atoms with Gasteiger partial charge in [0.2, 0.25) is 5.91 Å². The van der Waals surface area contributed by atoms with Crippen molar-refractivity contribution in [1.29, 1.82) is 0 Å². The van der Waals surface area contributed by atoms with E-state index in [-0.39, 0.29) is 11.9 Å². The first-order valence-corrected chi connectivity index (χ1v) is 11.1. The molecule has 2 unspecified atom stereocenters. The maximum atomic E-state index is 12.5. The molecule has 0 aromatic heterocycles. The number of rotatable bonds is 7. The number of amides is 3. The Morgan fingerprint density at radius 2 is 1.97 bits per heavy atom. The Morgan fingerprint density at radius 1 is 1.17 bits per heavy atom. The third-order valence-electron chi connectivity index (χ3n) is 6.21. The molecule has 0 spiro atoms. The molecule has 2 aliphatic rings. The van der Waals surface area contributed by atoms with Crippen LogP contribution in [0.4, 0.5) is 4.79 Å². The van der Waals surface area contributed by atoms with Crippen molar-refractivity contribution in [2.75, 3.05) is 32.7 Å². The Labute approximate surface area is 175 Å². The van der Waals surface area contributed by atoms with Gasteiger partial charge in [-0.3, -0.25) is 9.69 Å². The van der Waals surface area contributed by atoms with Gasteiger partial charge in [0.05, 0.1) is 0 Å². The van der Waals surface area contributed by atoms with Gasteiger partial charge in [-0.2, -0.15) is 0 Å². The molecule has 0 aliphatic carbocycles. The van der Waals surface area contributed by atoms with Crippen LogP contribution in [0.25, 0.3) is 0 Å². The Balaban J connectivity index is 1.28. The van der Waals surface area contributed by atoms with Crippen LogP contribution >= 0.6 is 0 Å². The molecule has 2 heterocycles. The number of piperidine rings is 1. The molecule has 1 saturated heterocycles. The topological polar surface area (TPSA) is 64.7 Å². The number of likely N-dealkylation sites (tertiary alicyclic amines) is 1. The summed E-state index contributed by atoms with van der Waals surface area (Å²) >= 11 is 0. The van der Waals surface area contributed by atoms with Crippen molar-refractivity contribution in [3.63, 3.8) is 0 Å². The van der Waals surface area contributed by atoms with Crippen molar-refractivity contribution in [3.8, 4) is 0 Å². The number of carbonyl (C=O) groups excluding carboxylic acids is 2. The number of hydrogen-bond donors (Lipinski definition) is 2. The predicted molar refractivity (Wildman–Crippen MR) is 116 cm³/mol. The molecular weight excluding hydrogens is 364 g/mol. The number of urea groups is 1. The van der Waals surface area contributed by atoms with Crippen molar-refractivity contribution < 1.29 is 9.59 Å². The summed E-state index contributed by atoms with van der Waals surface area (Å²) in [6.45, 7) is 9.39. The molecule has 2 atom stereocenters. The third-order valence-corrected chi connectivity index (χ3v) is 6.21. The van der Waals surface area contributed by atoms with E-state index in [0.717, 1.165) is 32.0 Å². The molecule has 1 fully saturated rings. The van der Waals surface area contributed by atoms with E-state index in [4.69, 9.17) is 0 Å². The highest BCUT2D eigenvalue weighted by atomic mass is 16.2. The molecule has 2 N–H and O–H groups in total. The fourth-order valence-corrected chi connectivity index (χ4v) is 4.37. The molecule has 3 rings (SSSR count). The first-order valence-electron chi connectivity index (χ1n) is 11.1. The van der Waals surface area contributed by atoms with E-state index in [1.54, 1.807) is 0 Å². The summed E-state index contributed by atoms with van der Waals surface area (Å²) < 4.78 is 0. The second kappa shape index (κ2) is 10.6. The van der Waals surface area contributed by atoms with Gasteiger partial charge in [-0.25, -0.2) is 4.79 Å². The monoisotopic (exact) mass is 400 g/mol. The fourth-order valence-electron chi connectivity index (χ4n) is 4.37. The molecule has 1 aromatic carbocycles. The molecule has 0 bridgehead atoms. The molecule has 3 amide bonds. The Bertz CT molecular complexity index is 693. The van der Waals surface area contributed by atoms with Crippen LogP contribution in [0.3, 0.4) is 0 Å². The second-order valence-corrected chi connectivity index (χ2v) is 8.67. The van der Waals surface area contributed by atoms with Crippen molar-refractivity contribution in [2.45, 2.75) is 58.5 Å². The van der Waals surface area contributed by atoms with E-state index >= 15 is 0 Å². The highest BCUT2D eigenvalue weighted by Crippen LogP contribution is 2.19. The molecule has 6 heteroatoms. The lowest BCUT2D eigenvalue weighted by atomic mass is 9.99. The Morgan fingerprint density at radius 3 is 2.76 bits per heavy atom. The van der Waals surface area contributed by atoms with Gasteiger partial charge in [-0.1, -0.05) is 31.2 Å². The number of hydrogen-bond acceptors (Lipinski definition) is 3. The number of nitrogens with one attached hydrogen (secondary N) is 2. The van der Waals surface area contributed by atoms with Gasteiger partial charge in [-0.15, -0.1) is 0 Å². The standard InChI is InChI=1S/C23H36N4O2/c1-18-7-6-13-26(16-18)19(2)15-25-23(29)24-12-5-10-22(28)27-14-11-20-8-3-4-9-21(20)17-27/h3-4,8-9,18-19H,5-7,10-17H2,1-2H3,(H2,24,25,29). The summed E-state index contributed by atoms with van der Waals surface area (Å²) in [4.78, 5) is 28.9. The predicted octanol–water partition coefficient (Wildman–Crippen LogP) is 2.77. The maximum absolute atomic E-state index is 12.5. The molecule has 0 saturated carbocycles. The number of nitrogens with zero attached hydrogens (tertiary/aromatic N) is 2. The van der Waals surface area contributed by atoms with Crippen LogP contribution in [0, 0.1) is 5.92 Å². The van der Waals surface area contributed by atoms with Gasteiger partial charge < -0.3 is 15.5 Å². The zero-order chi connectivity index (χ0) is 20.6. The van der Waals surface area contributed by atoms with Gasteiger partial charge in [0.25, 0.3) is 0 Å². The second-order valence-electron chi connectivity index (χ2n) is 8.67. The van der Waals surface area contributed by atoms with Crippen molar-refractivity contribution in [1.82, 2.24) is 20.4 Å². The van der Waals surface area contributed by atoms with Crippen LogP contribution in [-0.2, 0) is 17.8 Å². The zero-order valence-electron chi connectivity index (χ0n) is 18.0. The Kier molecular flexibility index (Phi) is 7.92. The van der Waals surface area contributed by atoms with Gasteiger partial charge in [0.1, 0.15) is 0 Å². The fraction of sp³-hybridized carbons (Fsp3) is 0.652. The van der Waals surface area contributed by atoms with Gasteiger partial charge >= 0.3 is 6.03 Å². The normalized spacial score (nSPS) is 20.6. The van der Waals surface area contributed by atoms with Gasteiger partial charge in [0, 0.05) is 45.2 Å². The lowest BCUT2D eigenvalue weighted by molar-refractivity contribution is -0.132. The van der Waals surface area contributed by atoms with Crippen LogP contribution in [0.5, 0.6) is 0 Å². The van der Waals surface area contributed by atoms with E-state index < -0.39 is 0 Å². The molecule has 2 aliphatic heterocycles. The lowest BCUT2D eigenvalue weighted by Crippen LogP contribution is -2.48. The van der Waals surface area contributed by atoms with Crippen molar-refractivity contribution in [2.24, 2.45) is 5.92 Å². The molecule has 0 radical (unpaired) electrons. The average Bonchev–Trinajstić information content (AvgIpc) is 2.74. The van der Waals surface area contributed by atoms with E-state index in [0.29, 0.717) is 38.5 Å². The zero-order valence-corrected chi connectivity index (χ0v) is 18.0. The van der Waals surface area contributed by atoms with Gasteiger partial charge in [0.15, 0.2) is 0 Å². The van der Waals surface area contributed by atoms with Crippen LogP contribution in [0.15, 0.2) is 24.3 Å². The minimum Gasteiger partial charge on any atom is -0.338 e. The first-order chi connectivity index (χ1) is 14.0. The molecule has 29 heavy (non-hydrogen) atoms. The highest BCUT2D eigenvalue weighted by Gasteiger charge is 2.21. The summed E-state index contributed by atoms with van der Waals surface area (Å²) in [6, 6.07) is 8.55. The molecule has 1 aromatic rings. The molecule has 160 valence electrons. The lowest BCUT2D eigenvalue weighted by Gasteiger charge is -2.35. The quantitative estimate of drug-likeness (QED) is 0.692. The summed E-state index contributed by atoms with van der Waals surface area (Å²) in [5.74, 6) is 0.917. The smallest absolute Gasteiger partial charge is 0.314 e. The van der Waals surface area contributed by atoms with Crippen LogP contribution < -0.4 is 10.6 Å². The van der Waals surface area contributed by atoms with E-state index in [1.807, 2.05) is 11.0 Å². The van der Waals surface area contributed by atoms with Crippen LogP contribution in [0.2, 0.25) is 0 Å². The largest absolute Gasteiger partial charge is 0.338 e. The summed E-state index contributed by atoms with van der Waals surface area (Å²) in [5.41, 5.74) is 2.60. The number of carbonyl (C=O) groups is 2. The minimum atomic E-state index is -0.138. The molecular formula is C23H36N4O2. The summed E-state index contributed by atoms with van der Waals surface area (Å²) in [6.07, 6.45) is 4.62. The minimum absolute atomic E-state index is 0.138.